The molecule has 0 atom stereocenters. The van der Waals surface area contributed by atoms with Gasteiger partial charge < -0.3 is 14.8 Å². The topological polar surface area (TPSA) is 45.4 Å². The van der Waals surface area contributed by atoms with Gasteiger partial charge in [-0.2, -0.15) is 0 Å². The normalized spacial score (nSPS) is 10.2. The summed E-state index contributed by atoms with van der Waals surface area (Å²) >= 11 is 0. The smallest absolute Gasteiger partial charge is 0.122 e. The van der Waals surface area contributed by atoms with E-state index in [4.69, 9.17) is 4.42 Å². The van der Waals surface area contributed by atoms with E-state index in [1.807, 2.05) is 31.2 Å². The van der Waals surface area contributed by atoms with Crippen LogP contribution in [0.5, 0.6) is 5.75 Å². The van der Waals surface area contributed by atoms with Crippen LogP contribution in [0.3, 0.4) is 0 Å². The summed E-state index contributed by atoms with van der Waals surface area (Å²) in [6.07, 6.45) is 1.65. The minimum atomic E-state index is 0.318. The molecule has 2 aromatic rings. The van der Waals surface area contributed by atoms with Gasteiger partial charge in [-0.25, -0.2) is 0 Å². The first-order chi connectivity index (χ1) is 7.25. The highest BCUT2D eigenvalue weighted by atomic mass is 16.3. The van der Waals surface area contributed by atoms with E-state index in [9.17, 15) is 5.11 Å². The Morgan fingerprint density at radius 3 is 2.87 bits per heavy atom. The fourth-order valence-electron chi connectivity index (χ4n) is 1.37. The number of benzene rings is 1. The van der Waals surface area contributed by atoms with Gasteiger partial charge in [-0.1, -0.05) is 0 Å². The third-order valence-electron chi connectivity index (χ3n) is 2.24. The van der Waals surface area contributed by atoms with Gasteiger partial charge in [-0.3, -0.25) is 0 Å². The Bertz CT molecular complexity index is 435. The van der Waals surface area contributed by atoms with Gasteiger partial charge in [0.25, 0.3) is 0 Å². The maximum atomic E-state index is 9.35. The summed E-state index contributed by atoms with van der Waals surface area (Å²) in [5.41, 5.74) is 1.83. The lowest BCUT2D eigenvalue weighted by Gasteiger charge is -2.06. The van der Waals surface area contributed by atoms with E-state index in [-0.39, 0.29) is 0 Å². The monoisotopic (exact) mass is 203 g/mol. The van der Waals surface area contributed by atoms with Gasteiger partial charge in [-0.15, -0.1) is 0 Å². The van der Waals surface area contributed by atoms with E-state index in [0.29, 0.717) is 12.3 Å². The van der Waals surface area contributed by atoms with Crippen molar-refractivity contribution in [2.45, 2.75) is 13.5 Å². The van der Waals surface area contributed by atoms with Gasteiger partial charge in [-0.05, 0) is 42.8 Å². The van der Waals surface area contributed by atoms with Crippen LogP contribution < -0.4 is 5.32 Å². The molecule has 0 amide bonds. The highest BCUT2D eigenvalue weighted by molar-refractivity contribution is 5.50. The molecule has 3 heteroatoms. The van der Waals surface area contributed by atoms with Gasteiger partial charge in [0.05, 0.1) is 12.8 Å². The SMILES string of the molecule is Cc1cc(NCc2ccco2)ccc1O. The van der Waals surface area contributed by atoms with E-state index in [0.717, 1.165) is 17.0 Å². The molecule has 1 aromatic heterocycles. The fourth-order valence-corrected chi connectivity index (χ4v) is 1.37. The Balaban J connectivity index is 2.02. The second-order valence-corrected chi connectivity index (χ2v) is 3.43. The molecule has 0 fully saturated rings. The molecule has 0 spiro atoms. The quantitative estimate of drug-likeness (QED) is 0.754. The van der Waals surface area contributed by atoms with E-state index >= 15 is 0 Å². The molecular formula is C12H13NO2. The molecule has 0 bridgehead atoms. The summed E-state index contributed by atoms with van der Waals surface area (Å²) < 4.78 is 5.20. The second-order valence-electron chi connectivity index (χ2n) is 3.43. The molecule has 2 rings (SSSR count). The first kappa shape index (κ1) is 9.65. The maximum Gasteiger partial charge on any atom is 0.122 e. The first-order valence-corrected chi connectivity index (χ1v) is 4.81. The maximum absolute atomic E-state index is 9.35. The predicted octanol–water partition coefficient (Wildman–Crippen LogP) is 2.91. The number of nitrogens with one attached hydrogen (secondary N) is 1. The molecular weight excluding hydrogens is 190 g/mol. The van der Waals surface area contributed by atoms with Crippen LogP contribution in [0, 0.1) is 6.92 Å². The standard InChI is InChI=1S/C12H13NO2/c1-9-7-10(4-5-12(9)14)13-8-11-3-2-6-15-11/h2-7,13-14H,8H2,1H3. The number of hydrogen-bond donors (Lipinski definition) is 2. The molecule has 15 heavy (non-hydrogen) atoms. The Kier molecular flexibility index (Phi) is 2.63. The number of furan rings is 1. The summed E-state index contributed by atoms with van der Waals surface area (Å²) in [4.78, 5) is 0. The zero-order valence-corrected chi connectivity index (χ0v) is 8.53. The molecule has 0 saturated heterocycles. The highest BCUT2D eigenvalue weighted by Crippen LogP contribution is 2.20. The van der Waals surface area contributed by atoms with Gasteiger partial charge >= 0.3 is 0 Å². The van der Waals surface area contributed by atoms with Gasteiger partial charge in [0.1, 0.15) is 11.5 Å². The Morgan fingerprint density at radius 1 is 1.33 bits per heavy atom. The van der Waals surface area contributed by atoms with Crippen molar-refractivity contribution in [2.75, 3.05) is 5.32 Å². The second kappa shape index (κ2) is 4.09. The lowest BCUT2D eigenvalue weighted by molar-refractivity contribution is 0.471. The molecule has 78 valence electrons. The zero-order valence-electron chi connectivity index (χ0n) is 8.53. The van der Waals surface area contributed by atoms with Crippen LogP contribution in [-0.4, -0.2) is 5.11 Å². The minimum Gasteiger partial charge on any atom is -0.508 e. The van der Waals surface area contributed by atoms with Crippen molar-refractivity contribution in [2.24, 2.45) is 0 Å². The minimum absolute atomic E-state index is 0.318. The van der Waals surface area contributed by atoms with Gasteiger partial charge in [0, 0.05) is 5.69 Å². The predicted molar refractivity (Wildman–Crippen MR) is 58.9 cm³/mol. The van der Waals surface area contributed by atoms with Crippen molar-refractivity contribution in [1.82, 2.24) is 0 Å². The highest BCUT2D eigenvalue weighted by Gasteiger charge is 1.99. The van der Waals surface area contributed by atoms with Crippen molar-refractivity contribution in [1.29, 1.82) is 0 Å². The lowest BCUT2D eigenvalue weighted by atomic mass is 10.2. The zero-order chi connectivity index (χ0) is 10.7. The van der Waals surface area contributed by atoms with Crippen LogP contribution in [0.1, 0.15) is 11.3 Å². The molecule has 0 saturated carbocycles. The summed E-state index contributed by atoms with van der Waals surface area (Å²) in [5, 5.41) is 12.6. The van der Waals surface area contributed by atoms with Crippen molar-refractivity contribution in [3.63, 3.8) is 0 Å². The fraction of sp³-hybridized carbons (Fsp3) is 0.167. The largest absolute Gasteiger partial charge is 0.508 e. The molecule has 1 aromatic carbocycles. The molecule has 1 heterocycles. The van der Waals surface area contributed by atoms with Crippen LogP contribution in [0.4, 0.5) is 5.69 Å². The van der Waals surface area contributed by atoms with E-state index in [2.05, 4.69) is 5.32 Å². The molecule has 0 radical (unpaired) electrons. The molecule has 0 unspecified atom stereocenters. The third-order valence-corrected chi connectivity index (χ3v) is 2.24. The van der Waals surface area contributed by atoms with Crippen LogP contribution in [-0.2, 0) is 6.54 Å². The Labute approximate surface area is 88.4 Å². The van der Waals surface area contributed by atoms with Crippen LogP contribution >= 0.6 is 0 Å². The van der Waals surface area contributed by atoms with E-state index in [1.165, 1.54) is 0 Å². The summed E-state index contributed by atoms with van der Waals surface area (Å²) in [6.45, 7) is 2.52. The molecule has 0 aliphatic heterocycles. The van der Waals surface area contributed by atoms with Crippen molar-refractivity contribution < 1.29 is 9.52 Å². The number of rotatable bonds is 3. The number of phenols is 1. The molecule has 0 aliphatic rings. The van der Waals surface area contributed by atoms with Crippen molar-refractivity contribution in [3.05, 3.63) is 47.9 Å². The number of phenolic OH excluding ortho intramolecular Hbond substituents is 1. The lowest BCUT2D eigenvalue weighted by Crippen LogP contribution is -1.97. The van der Waals surface area contributed by atoms with E-state index in [1.54, 1.807) is 12.3 Å². The summed E-state index contributed by atoms with van der Waals surface area (Å²) in [5.74, 6) is 1.21. The number of hydrogen-bond acceptors (Lipinski definition) is 3. The summed E-state index contributed by atoms with van der Waals surface area (Å²) in [7, 11) is 0. The van der Waals surface area contributed by atoms with E-state index < -0.39 is 0 Å². The van der Waals surface area contributed by atoms with Crippen LogP contribution in [0.2, 0.25) is 0 Å². The number of aromatic hydroxyl groups is 1. The van der Waals surface area contributed by atoms with Gasteiger partial charge in [0.15, 0.2) is 0 Å². The third kappa shape index (κ3) is 2.31. The Hall–Kier alpha value is -1.90. The molecule has 0 aliphatic carbocycles. The van der Waals surface area contributed by atoms with Gasteiger partial charge in [0.2, 0.25) is 0 Å². The number of aryl methyl sites for hydroxylation is 1. The molecule has 2 N–H and O–H groups in total. The van der Waals surface area contributed by atoms with Crippen LogP contribution in [0.15, 0.2) is 41.0 Å². The average molecular weight is 203 g/mol. The first-order valence-electron chi connectivity index (χ1n) is 4.81. The Morgan fingerprint density at radius 2 is 2.20 bits per heavy atom. The van der Waals surface area contributed by atoms with Crippen LogP contribution in [0.25, 0.3) is 0 Å². The molecule has 3 nitrogen and oxygen atoms in total. The van der Waals surface area contributed by atoms with Crippen molar-refractivity contribution in [3.8, 4) is 5.75 Å². The average Bonchev–Trinajstić information content (AvgIpc) is 2.73. The summed E-state index contributed by atoms with van der Waals surface area (Å²) in [6, 6.07) is 9.20. The van der Waals surface area contributed by atoms with Crippen molar-refractivity contribution >= 4 is 5.69 Å². The number of anilines is 1.